The average molecular weight is 287 g/mol. The molecule has 21 heavy (non-hydrogen) atoms. The lowest BCUT2D eigenvalue weighted by Crippen LogP contribution is -2.58. The van der Waals surface area contributed by atoms with E-state index in [-0.39, 0.29) is 30.3 Å². The average Bonchev–Trinajstić information content (AvgIpc) is 3.00. The van der Waals surface area contributed by atoms with E-state index in [0.29, 0.717) is 13.1 Å². The first kappa shape index (κ1) is 14.1. The Bertz CT molecular complexity index is 532. The molecule has 112 valence electrons. The van der Waals surface area contributed by atoms with E-state index >= 15 is 0 Å². The van der Waals surface area contributed by atoms with Gasteiger partial charge in [0.2, 0.25) is 11.8 Å². The third-order valence-corrected chi connectivity index (χ3v) is 4.49. The summed E-state index contributed by atoms with van der Waals surface area (Å²) < 4.78 is 0. The molecule has 0 aromatic heterocycles. The smallest absolute Gasteiger partial charge is 0.245 e. The summed E-state index contributed by atoms with van der Waals surface area (Å²) in [5.74, 6) is 0.235. The number of benzene rings is 1. The van der Waals surface area contributed by atoms with Gasteiger partial charge < -0.3 is 15.5 Å². The van der Waals surface area contributed by atoms with Crippen LogP contribution in [0.2, 0.25) is 0 Å². The van der Waals surface area contributed by atoms with Gasteiger partial charge in [-0.05, 0) is 18.4 Å². The van der Waals surface area contributed by atoms with E-state index in [0.717, 1.165) is 24.9 Å². The van der Waals surface area contributed by atoms with E-state index in [2.05, 4.69) is 0 Å². The lowest BCUT2D eigenvalue weighted by molar-refractivity contribution is -0.153. The highest BCUT2D eigenvalue weighted by Crippen LogP contribution is 2.25. The maximum atomic E-state index is 12.5. The minimum absolute atomic E-state index is 0.0703. The summed E-state index contributed by atoms with van der Waals surface area (Å²) in [4.78, 5) is 28.1. The van der Waals surface area contributed by atoms with Crippen LogP contribution in [0.15, 0.2) is 30.3 Å². The molecule has 1 aromatic rings. The molecule has 5 heteroatoms. The standard InChI is InChI=1S/C16H21N3O2/c17-9-13(12-5-2-1-3-6-12)10-18-11-15(20)19-8-4-7-14(19)16(18)21/h1-3,5-6,13-14H,4,7-11,17H2. The van der Waals surface area contributed by atoms with Crippen LogP contribution in [0.4, 0.5) is 0 Å². The lowest BCUT2D eigenvalue weighted by atomic mass is 9.97. The van der Waals surface area contributed by atoms with Gasteiger partial charge in [0.25, 0.3) is 0 Å². The molecule has 2 heterocycles. The summed E-state index contributed by atoms with van der Waals surface area (Å²) in [6.45, 7) is 1.91. The second-order valence-electron chi connectivity index (χ2n) is 5.81. The number of amides is 2. The fraction of sp³-hybridized carbons (Fsp3) is 0.500. The first-order valence-electron chi connectivity index (χ1n) is 7.54. The van der Waals surface area contributed by atoms with Crippen LogP contribution in [0, 0.1) is 0 Å². The van der Waals surface area contributed by atoms with Crippen LogP contribution in [0.1, 0.15) is 24.3 Å². The van der Waals surface area contributed by atoms with Crippen molar-refractivity contribution in [3.63, 3.8) is 0 Å². The molecule has 0 radical (unpaired) electrons. The molecule has 3 rings (SSSR count). The summed E-state index contributed by atoms with van der Waals surface area (Å²) in [5.41, 5.74) is 7.00. The van der Waals surface area contributed by atoms with Crippen molar-refractivity contribution in [2.45, 2.75) is 24.8 Å². The molecule has 2 fully saturated rings. The van der Waals surface area contributed by atoms with Crippen LogP contribution in [0.5, 0.6) is 0 Å². The molecular formula is C16H21N3O2. The molecule has 2 aliphatic rings. The summed E-state index contributed by atoms with van der Waals surface area (Å²) >= 11 is 0. The molecule has 1 aromatic carbocycles. The molecular weight excluding hydrogens is 266 g/mol. The predicted molar refractivity (Wildman–Crippen MR) is 79.6 cm³/mol. The fourth-order valence-corrected chi connectivity index (χ4v) is 3.33. The maximum absolute atomic E-state index is 12.5. The highest BCUT2D eigenvalue weighted by Gasteiger charge is 2.42. The van der Waals surface area contributed by atoms with Gasteiger partial charge in [0, 0.05) is 25.6 Å². The number of piperazine rings is 1. The molecule has 2 saturated heterocycles. The Hall–Kier alpha value is -1.88. The van der Waals surface area contributed by atoms with Crippen LogP contribution in [0.25, 0.3) is 0 Å². The Labute approximate surface area is 124 Å². The first-order valence-corrected chi connectivity index (χ1v) is 7.54. The van der Waals surface area contributed by atoms with Crippen molar-refractivity contribution in [1.29, 1.82) is 0 Å². The largest absolute Gasteiger partial charge is 0.331 e. The highest BCUT2D eigenvalue weighted by molar-refractivity contribution is 5.95. The van der Waals surface area contributed by atoms with Crippen molar-refractivity contribution in [3.8, 4) is 0 Å². The quantitative estimate of drug-likeness (QED) is 0.880. The van der Waals surface area contributed by atoms with Gasteiger partial charge in [-0.15, -0.1) is 0 Å². The first-order chi connectivity index (χ1) is 10.2. The van der Waals surface area contributed by atoms with Crippen LogP contribution in [-0.4, -0.2) is 53.8 Å². The number of nitrogens with two attached hydrogens (primary N) is 1. The number of hydrogen-bond donors (Lipinski definition) is 1. The van der Waals surface area contributed by atoms with E-state index in [1.807, 2.05) is 30.3 Å². The van der Waals surface area contributed by atoms with Crippen LogP contribution < -0.4 is 5.73 Å². The molecule has 0 saturated carbocycles. The maximum Gasteiger partial charge on any atom is 0.245 e. The Kier molecular flexibility index (Phi) is 3.92. The Morgan fingerprint density at radius 1 is 1.24 bits per heavy atom. The normalized spacial score (nSPS) is 23.4. The number of nitrogens with zero attached hydrogens (tertiary/aromatic N) is 2. The summed E-state index contributed by atoms with van der Waals surface area (Å²) in [6.07, 6.45) is 1.72. The van der Waals surface area contributed by atoms with Crippen molar-refractivity contribution in [2.24, 2.45) is 5.73 Å². The summed E-state index contributed by atoms with van der Waals surface area (Å²) in [6, 6.07) is 9.72. The molecule has 2 N–H and O–H groups in total. The number of fused-ring (bicyclic) bond motifs is 1. The molecule has 2 atom stereocenters. The summed E-state index contributed by atoms with van der Waals surface area (Å²) in [5, 5.41) is 0. The van der Waals surface area contributed by atoms with Gasteiger partial charge in [0.05, 0.1) is 6.54 Å². The van der Waals surface area contributed by atoms with E-state index in [9.17, 15) is 9.59 Å². The fourth-order valence-electron chi connectivity index (χ4n) is 3.33. The van der Waals surface area contributed by atoms with Crippen LogP contribution >= 0.6 is 0 Å². The van der Waals surface area contributed by atoms with Gasteiger partial charge in [-0.1, -0.05) is 30.3 Å². The highest BCUT2D eigenvalue weighted by atomic mass is 16.2. The Morgan fingerprint density at radius 3 is 2.71 bits per heavy atom. The molecule has 2 amide bonds. The zero-order chi connectivity index (χ0) is 14.8. The van der Waals surface area contributed by atoms with Gasteiger partial charge >= 0.3 is 0 Å². The molecule has 2 aliphatic heterocycles. The van der Waals surface area contributed by atoms with Crippen molar-refractivity contribution in [3.05, 3.63) is 35.9 Å². The third-order valence-electron chi connectivity index (χ3n) is 4.49. The topological polar surface area (TPSA) is 66.6 Å². The van der Waals surface area contributed by atoms with Gasteiger partial charge in [0.1, 0.15) is 6.04 Å². The minimum atomic E-state index is -0.236. The number of carbonyl (C=O) groups excluding carboxylic acids is 2. The minimum Gasteiger partial charge on any atom is -0.331 e. The number of rotatable bonds is 4. The molecule has 0 spiro atoms. The Morgan fingerprint density at radius 2 is 2.00 bits per heavy atom. The van der Waals surface area contributed by atoms with Crippen molar-refractivity contribution >= 4 is 11.8 Å². The zero-order valence-electron chi connectivity index (χ0n) is 12.1. The van der Waals surface area contributed by atoms with E-state index < -0.39 is 0 Å². The lowest BCUT2D eigenvalue weighted by Gasteiger charge is -2.37. The van der Waals surface area contributed by atoms with E-state index in [4.69, 9.17) is 5.73 Å². The van der Waals surface area contributed by atoms with Crippen LogP contribution in [0.3, 0.4) is 0 Å². The number of carbonyl (C=O) groups is 2. The van der Waals surface area contributed by atoms with Crippen LogP contribution in [-0.2, 0) is 9.59 Å². The van der Waals surface area contributed by atoms with Gasteiger partial charge in [-0.25, -0.2) is 0 Å². The Balaban J connectivity index is 1.74. The number of hydrogen-bond acceptors (Lipinski definition) is 3. The van der Waals surface area contributed by atoms with Crippen molar-refractivity contribution < 1.29 is 9.59 Å². The summed E-state index contributed by atoms with van der Waals surface area (Å²) in [7, 11) is 0. The second kappa shape index (κ2) is 5.85. The second-order valence-corrected chi connectivity index (χ2v) is 5.81. The SMILES string of the molecule is NCC(CN1CC(=O)N2CCCC2C1=O)c1ccccc1. The van der Waals surface area contributed by atoms with E-state index in [1.54, 1.807) is 9.80 Å². The third kappa shape index (κ3) is 2.65. The van der Waals surface area contributed by atoms with Gasteiger partial charge in [-0.3, -0.25) is 9.59 Å². The van der Waals surface area contributed by atoms with Gasteiger partial charge in [0.15, 0.2) is 0 Å². The molecule has 5 nitrogen and oxygen atoms in total. The zero-order valence-corrected chi connectivity index (χ0v) is 12.1. The molecule has 2 unspecified atom stereocenters. The monoisotopic (exact) mass is 287 g/mol. The van der Waals surface area contributed by atoms with Gasteiger partial charge in [-0.2, -0.15) is 0 Å². The van der Waals surface area contributed by atoms with Crippen molar-refractivity contribution in [2.75, 3.05) is 26.2 Å². The molecule has 0 bridgehead atoms. The molecule has 0 aliphatic carbocycles. The van der Waals surface area contributed by atoms with Crippen molar-refractivity contribution in [1.82, 2.24) is 9.80 Å². The predicted octanol–water partition coefficient (Wildman–Crippen LogP) is 0.562. The van der Waals surface area contributed by atoms with E-state index in [1.165, 1.54) is 0 Å².